The molecule has 3 atom stereocenters. The van der Waals surface area contributed by atoms with Gasteiger partial charge in [-0.05, 0) is 36.6 Å². The molecule has 0 radical (unpaired) electrons. The van der Waals surface area contributed by atoms with Crippen molar-refractivity contribution in [3.8, 4) is 5.75 Å². The molecule has 1 unspecified atom stereocenters. The Morgan fingerprint density at radius 3 is 3.16 bits per heavy atom. The highest BCUT2D eigenvalue weighted by Gasteiger charge is 2.37. The highest BCUT2D eigenvalue weighted by Crippen LogP contribution is 2.28. The van der Waals surface area contributed by atoms with Crippen LogP contribution in [0.15, 0.2) is 22.7 Å². The lowest BCUT2D eigenvalue weighted by molar-refractivity contribution is -0.103. The summed E-state index contributed by atoms with van der Waals surface area (Å²) in [5.41, 5.74) is 1.18. The number of methoxy groups -OCH3 is 1. The second-order valence-corrected chi connectivity index (χ2v) is 5.84. The van der Waals surface area contributed by atoms with Crippen molar-refractivity contribution in [2.45, 2.75) is 37.8 Å². The van der Waals surface area contributed by atoms with Crippen molar-refractivity contribution < 1.29 is 14.2 Å². The van der Waals surface area contributed by atoms with Crippen LogP contribution >= 0.6 is 15.9 Å². The minimum Gasteiger partial charge on any atom is -0.497 e. The first-order valence-corrected chi connectivity index (χ1v) is 7.38. The van der Waals surface area contributed by atoms with E-state index in [1.165, 1.54) is 5.56 Å². The fourth-order valence-electron chi connectivity index (χ4n) is 2.59. The third-order valence-corrected chi connectivity index (χ3v) is 4.48. The Labute approximate surface area is 121 Å². The van der Waals surface area contributed by atoms with Crippen molar-refractivity contribution in [2.75, 3.05) is 13.7 Å². The minimum absolute atomic E-state index is 0.0804. The van der Waals surface area contributed by atoms with Crippen LogP contribution < -0.4 is 10.1 Å². The molecule has 0 aliphatic carbocycles. The molecule has 1 N–H and O–H groups in total. The van der Waals surface area contributed by atoms with Crippen LogP contribution in [0.2, 0.25) is 0 Å². The summed E-state index contributed by atoms with van der Waals surface area (Å²) in [5.74, 6) is 0.872. The van der Waals surface area contributed by atoms with Crippen LogP contribution in [-0.4, -0.2) is 32.2 Å². The normalized spacial score (nSPS) is 29.5. The molecule has 0 amide bonds. The van der Waals surface area contributed by atoms with E-state index in [1.54, 1.807) is 7.11 Å². The first-order chi connectivity index (χ1) is 9.26. The zero-order valence-corrected chi connectivity index (χ0v) is 12.5. The first kappa shape index (κ1) is 13.4. The van der Waals surface area contributed by atoms with Crippen molar-refractivity contribution in [2.24, 2.45) is 0 Å². The average molecular weight is 328 g/mol. The van der Waals surface area contributed by atoms with Gasteiger partial charge in [0.1, 0.15) is 5.75 Å². The number of benzene rings is 1. The number of nitrogens with one attached hydrogen (secondary N) is 1. The molecule has 0 spiro atoms. The van der Waals surface area contributed by atoms with Crippen LogP contribution in [0.4, 0.5) is 0 Å². The Bertz CT molecular complexity index is 454. The van der Waals surface area contributed by atoms with E-state index in [-0.39, 0.29) is 12.3 Å². The van der Waals surface area contributed by atoms with Gasteiger partial charge in [0.25, 0.3) is 0 Å². The summed E-state index contributed by atoms with van der Waals surface area (Å²) in [7, 11) is 1.68. The first-order valence-electron chi connectivity index (χ1n) is 6.59. The maximum Gasteiger partial charge on any atom is 0.173 e. The molecular weight excluding hydrogens is 310 g/mol. The Balaban J connectivity index is 1.62. The van der Waals surface area contributed by atoms with Crippen LogP contribution in [0.3, 0.4) is 0 Å². The second-order valence-electron chi connectivity index (χ2n) is 4.98. The van der Waals surface area contributed by atoms with Crippen LogP contribution in [0.1, 0.15) is 18.4 Å². The molecule has 2 aliphatic rings. The number of hydrogen-bond donors (Lipinski definition) is 1. The fraction of sp³-hybridized carbons (Fsp3) is 0.571. The molecule has 1 aromatic carbocycles. The van der Waals surface area contributed by atoms with Gasteiger partial charge < -0.3 is 19.5 Å². The van der Waals surface area contributed by atoms with E-state index in [0.29, 0.717) is 6.10 Å². The van der Waals surface area contributed by atoms with Gasteiger partial charge in [0.05, 0.1) is 25.9 Å². The van der Waals surface area contributed by atoms with E-state index in [9.17, 15) is 0 Å². The number of rotatable bonds is 4. The van der Waals surface area contributed by atoms with Crippen LogP contribution in [-0.2, 0) is 16.0 Å². The van der Waals surface area contributed by atoms with Crippen molar-refractivity contribution in [3.05, 3.63) is 28.2 Å². The predicted molar refractivity (Wildman–Crippen MR) is 75.2 cm³/mol. The molecule has 5 heteroatoms. The highest BCUT2D eigenvalue weighted by molar-refractivity contribution is 9.10. The highest BCUT2D eigenvalue weighted by atomic mass is 79.9. The summed E-state index contributed by atoms with van der Waals surface area (Å²) in [4.78, 5) is 0. The molecule has 2 heterocycles. The number of hydrogen-bond acceptors (Lipinski definition) is 4. The van der Waals surface area contributed by atoms with Gasteiger partial charge in [0.2, 0.25) is 0 Å². The van der Waals surface area contributed by atoms with E-state index in [2.05, 4.69) is 21.2 Å². The maximum absolute atomic E-state index is 5.75. The summed E-state index contributed by atoms with van der Waals surface area (Å²) >= 11 is 3.57. The Hall–Kier alpha value is -0.620. The fourth-order valence-corrected chi connectivity index (χ4v) is 2.97. The van der Waals surface area contributed by atoms with Crippen molar-refractivity contribution >= 4 is 15.9 Å². The number of fused-ring (bicyclic) bond motifs is 2. The molecule has 1 aromatic rings. The van der Waals surface area contributed by atoms with Crippen molar-refractivity contribution in [1.82, 2.24) is 5.32 Å². The van der Waals surface area contributed by atoms with Gasteiger partial charge in [-0.25, -0.2) is 0 Å². The average Bonchev–Trinajstić information content (AvgIpc) is 2.82. The lowest BCUT2D eigenvalue weighted by Crippen LogP contribution is -2.43. The molecule has 2 saturated heterocycles. The lowest BCUT2D eigenvalue weighted by atomic mass is 10.1. The molecule has 0 saturated carbocycles. The molecule has 0 aromatic heterocycles. The summed E-state index contributed by atoms with van der Waals surface area (Å²) in [6, 6.07) is 6.27. The molecule has 2 bridgehead atoms. The third kappa shape index (κ3) is 2.94. The third-order valence-electron chi connectivity index (χ3n) is 3.71. The summed E-state index contributed by atoms with van der Waals surface area (Å²) in [5, 5.41) is 3.52. The van der Waals surface area contributed by atoms with E-state index < -0.39 is 0 Å². The van der Waals surface area contributed by atoms with Gasteiger partial charge in [-0.2, -0.15) is 0 Å². The molecule has 104 valence electrons. The zero-order chi connectivity index (χ0) is 13.2. The molecule has 2 aliphatic heterocycles. The van der Waals surface area contributed by atoms with Gasteiger partial charge in [0.15, 0.2) is 6.29 Å². The number of halogens is 1. The smallest absolute Gasteiger partial charge is 0.173 e. The Kier molecular flexibility index (Phi) is 4.07. The quantitative estimate of drug-likeness (QED) is 0.922. The van der Waals surface area contributed by atoms with E-state index in [0.717, 1.165) is 36.2 Å². The van der Waals surface area contributed by atoms with Gasteiger partial charge in [-0.15, -0.1) is 0 Å². The van der Waals surface area contributed by atoms with E-state index in [1.807, 2.05) is 18.2 Å². The molecule has 4 nitrogen and oxygen atoms in total. The maximum atomic E-state index is 5.75. The van der Waals surface area contributed by atoms with E-state index in [4.69, 9.17) is 14.2 Å². The molecule has 3 rings (SSSR count). The summed E-state index contributed by atoms with van der Waals surface area (Å²) in [6.07, 6.45) is 2.42. The Morgan fingerprint density at radius 1 is 1.42 bits per heavy atom. The van der Waals surface area contributed by atoms with Gasteiger partial charge in [-0.1, -0.05) is 15.9 Å². The molecular formula is C14H18BrNO3. The van der Waals surface area contributed by atoms with Gasteiger partial charge >= 0.3 is 0 Å². The van der Waals surface area contributed by atoms with Crippen LogP contribution in [0.5, 0.6) is 5.75 Å². The lowest BCUT2D eigenvalue weighted by Gasteiger charge is -2.28. The summed E-state index contributed by atoms with van der Waals surface area (Å²) < 4.78 is 17.7. The predicted octanol–water partition coefficient (Wildman–Crippen LogP) is 2.45. The number of ether oxygens (including phenoxy) is 3. The topological polar surface area (TPSA) is 39.7 Å². The van der Waals surface area contributed by atoms with E-state index >= 15 is 0 Å². The molecule has 2 fully saturated rings. The molecule has 19 heavy (non-hydrogen) atoms. The van der Waals surface area contributed by atoms with Crippen LogP contribution in [0.25, 0.3) is 0 Å². The largest absolute Gasteiger partial charge is 0.497 e. The monoisotopic (exact) mass is 327 g/mol. The standard InChI is InChI=1S/C14H18BrNO3/c1-17-10-2-4-12(15)9(6-10)7-16-13-5-3-11-8-18-14(13)19-11/h2,4,6,11,13-14,16H,3,5,7-8H2,1H3/t11-,13?,14+/m0/s1. The van der Waals surface area contributed by atoms with Crippen molar-refractivity contribution in [1.29, 1.82) is 0 Å². The van der Waals surface area contributed by atoms with Crippen LogP contribution in [0, 0.1) is 0 Å². The SMILES string of the molecule is COc1ccc(Br)c(CNC2CC[C@H]3CO[C@@H]2O3)c1. The van der Waals surface area contributed by atoms with Gasteiger partial charge in [0, 0.05) is 11.0 Å². The second kappa shape index (κ2) is 5.79. The van der Waals surface area contributed by atoms with Gasteiger partial charge in [-0.3, -0.25) is 0 Å². The summed E-state index contributed by atoms with van der Waals surface area (Å²) in [6.45, 7) is 1.52. The Morgan fingerprint density at radius 2 is 2.32 bits per heavy atom. The van der Waals surface area contributed by atoms with Crippen molar-refractivity contribution in [3.63, 3.8) is 0 Å². The zero-order valence-electron chi connectivity index (χ0n) is 10.9. The minimum atomic E-state index is -0.0804.